The van der Waals surface area contributed by atoms with Crippen molar-refractivity contribution >= 4 is 11.0 Å². The van der Waals surface area contributed by atoms with E-state index in [1.54, 1.807) is 0 Å². The first-order chi connectivity index (χ1) is 12.8. The van der Waals surface area contributed by atoms with Crippen LogP contribution in [-0.2, 0) is 0 Å². The van der Waals surface area contributed by atoms with E-state index < -0.39 is 0 Å². The Labute approximate surface area is 148 Å². The molecular weight excluding hydrogens is 329 g/mol. The summed E-state index contributed by atoms with van der Waals surface area (Å²) < 4.78 is 15.7. The van der Waals surface area contributed by atoms with E-state index in [2.05, 4.69) is 19.9 Å². The van der Waals surface area contributed by atoms with Crippen molar-refractivity contribution in [2.24, 2.45) is 0 Å². The molecule has 0 saturated heterocycles. The van der Waals surface area contributed by atoms with Crippen LogP contribution >= 0.6 is 0 Å². The quantitative estimate of drug-likeness (QED) is 0.584. The molecule has 1 aliphatic heterocycles. The molecule has 0 amide bonds. The van der Waals surface area contributed by atoms with Gasteiger partial charge in [0.15, 0.2) is 5.65 Å². The summed E-state index contributed by atoms with van der Waals surface area (Å²) >= 11 is 0. The largest absolute Gasteiger partial charge is 0.265 e. The number of H-pyrrole nitrogens is 1. The molecule has 1 aliphatic carbocycles. The lowest BCUT2D eigenvalue weighted by molar-refractivity contribution is 0.478. The molecule has 0 spiro atoms. The minimum absolute atomic E-state index is 0.233. The number of rotatable bonds is 2. The zero-order valence-electron chi connectivity index (χ0n) is 14.0. The Kier molecular flexibility index (Phi) is 2.73. The number of aromatic nitrogens is 5. The van der Waals surface area contributed by atoms with E-state index >= 15 is 0 Å². The summed E-state index contributed by atoms with van der Waals surface area (Å²) in [6.07, 6.45) is 7.22. The Morgan fingerprint density at radius 2 is 2.00 bits per heavy atom. The molecule has 2 bridgehead atoms. The number of hydrogen-bond acceptors (Lipinski definition) is 3. The molecule has 4 aromatic rings. The second-order valence-corrected chi connectivity index (χ2v) is 7.21. The summed E-state index contributed by atoms with van der Waals surface area (Å²) in [4.78, 5) is 4.37. The van der Waals surface area contributed by atoms with Crippen molar-refractivity contribution < 1.29 is 4.39 Å². The molecule has 1 unspecified atom stereocenters. The van der Waals surface area contributed by atoms with Crippen molar-refractivity contribution in [2.45, 2.75) is 31.2 Å². The third-order valence-electron chi connectivity index (χ3n) is 5.83. The molecule has 2 atom stereocenters. The van der Waals surface area contributed by atoms with Gasteiger partial charge in [0, 0.05) is 28.6 Å². The fraction of sp³-hybridized carbons (Fsp3) is 0.250. The highest BCUT2D eigenvalue weighted by Crippen LogP contribution is 2.54. The van der Waals surface area contributed by atoms with Gasteiger partial charge in [-0.05, 0) is 55.2 Å². The van der Waals surface area contributed by atoms with Gasteiger partial charge in [0.25, 0.3) is 0 Å². The van der Waals surface area contributed by atoms with Crippen LogP contribution in [0.5, 0.6) is 0 Å². The Morgan fingerprint density at radius 1 is 1.12 bits per heavy atom. The van der Waals surface area contributed by atoms with E-state index in [0.29, 0.717) is 12.0 Å². The highest BCUT2D eigenvalue weighted by molar-refractivity contribution is 5.97. The van der Waals surface area contributed by atoms with E-state index in [0.717, 1.165) is 33.4 Å². The van der Waals surface area contributed by atoms with Crippen molar-refractivity contribution in [3.05, 3.63) is 54.2 Å². The van der Waals surface area contributed by atoms with Gasteiger partial charge >= 0.3 is 0 Å². The molecule has 4 heterocycles. The maximum Gasteiger partial charge on any atom is 0.155 e. The standard InChI is InChI=1S/C20H16FN5/c21-13-4-1-11(2-5-13)18-17(15-7-8-22-20-16(15)10-23-24-20)19-12-3-6-14(9-12)26(19)25-18/h1-2,4-5,7-8,10,12,14H,3,6,9H2,(H,22,23,24)/t12-,14?/m1/s1. The highest BCUT2D eigenvalue weighted by Gasteiger charge is 2.41. The Balaban J connectivity index is 1.68. The van der Waals surface area contributed by atoms with Crippen LogP contribution in [0, 0.1) is 5.82 Å². The topological polar surface area (TPSA) is 59.4 Å². The third-order valence-corrected chi connectivity index (χ3v) is 5.83. The van der Waals surface area contributed by atoms with Crippen LogP contribution in [0.1, 0.15) is 36.9 Å². The van der Waals surface area contributed by atoms with Crippen molar-refractivity contribution in [2.75, 3.05) is 0 Å². The number of hydrogen-bond donors (Lipinski definition) is 1. The molecule has 3 aromatic heterocycles. The van der Waals surface area contributed by atoms with E-state index in [1.165, 1.54) is 37.1 Å². The molecule has 1 aromatic carbocycles. The molecule has 1 fully saturated rings. The van der Waals surface area contributed by atoms with Crippen LogP contribution < -0.4 is 0 Å². The summed E-state index contributed by atoms with van der Waals surface area (Å²) in [5.74, 6) is 0.315. The van der Waals surface area contributed by atoms with Gasteiger partial charge in [-0.1, -0.05) is 0 Å². The zero-order valence-corrected chi connectivity index (χ0v) is 14.0. The van der Waals surface area contributed by atoms with Crippen molar-refractivity contribution in [1.29, 1.82) is 0 Å². The predicted molar refractivity (Wildman–Crippen MR) is 96.1 cm³/mol. The van der Waals surface area contributed by atoms with Gasteiger partial charge in [0.05, 0.1) is 17.9 Å². The van der Waals surface area contributed by atoms with Gasteiger partial charge in [-0.3, -0.25) is 9.78 Å². The number of benzene rings is 1. The maximum atomic E-state index is 13.4. The Bertz CT molecular complexity index is 1140. The van der Waals surface area contributed by atoms with Crippen LogP contribution in [0.4, 0.5) is 4.39 Å². The molecule has 1 saturated carbocycles. The fourth-order valence-corrected chi connectivity index (χ4v) is 4.69. The summed E-state index contributed by atoms with van der Waals surface area (Å²) in [5.41, 5.74) is 6.20. The minimum Gasteiger partial charge on any atom is -0.265 e. The molecule has 6 rings (SSSR count). The zero-order chi connectivity index (χ0) is 17.3. The van der Waals surface area contributed by atoms with Gasteiger partial charge in [0.2, 0.25) is 0 Å². The molecule has 1 N–H and O–H groups in total. The lowest BCUT2D eigenvalue weighted by atomic mass is 9.92. The van der Waals surface area contributed by atoms with Crippen molar-refractivity contribution in [3.63, 3.8) is 0 Å². The molecule has 128 valence electrons. The summed E-state index contributed by atoms with van der Waals surface area (Å²) in [5, 5.41) is 13.1. The van der Waals surface area contributed by atoms with Crippen LogP contribution in [0.15, 0.2) is 42.7 Å². The second-order valence-electron chi connectivity index (χ2n) is 7.21. The van der Waals surface area contributed by atoms with Crippen molar-refractivity contribution in [1.82, 2.24) is 25.0 Å². The molecule has 2 aliphatic rings. The lowest BCUT2D eigenvalue weighted by Crippen LogP contribution is -2.07. The molecule has 26 heavy (non-hydrogen) atoms. The first kappa shape index (κ1) is 14.2. The van der Waals surface area contributed by atoms with Gasteiger partial charge in [0.1, 0.15) is 11.5 Å². The van der Waals surface area contributed by atoms with Gasteiger partial charge in [-0.25, -0.2) is 9.37 Å². The monoisotopic (exact) mass is 345 g/mol. The Hall–Kier alpha value is -3.02. The predicted octanol–water partition coefficient (Wildman–Crippen LogP) is 4.45. The van der Waals surface area contributed by atoms with Gasteiger partial charge in [-0.15, -0.1) is 0 Å². The summed E-state index contributed by atoms with van der Waals surface area (Å²) in [7, 11) is 0. The number of nitrogens with zero attached hydrogens (tertiary/aromatic N) is 4. The van der Waals surface area contributed by atoms with E-state index in [4.69, 9.17) is 5.10 Å². The number of nitrogens with one attached hydrogen (secondary N) is 1. The van der Waals surface area contributed by atoms with Crippen LogP contribution in [0.25, 0.3) is 33.4 Å². The summed E-state index contributed by atoms with van der Waals surface area (Å²) in [6, 6.07) is 9.15. The second kappa shape index (κ2) is 5.00. The minimum atomic E-state index is -0.233. The summed E-state index contributed by atoms with van der Waals surface area (Å²) in [6.45, 7) is 0. The number of halogens is 1. The van der Waals surface area contributed by atoms with Crippen LogP contribution in [-0.4, -0.2) is 25.0 Å². The van der Waals surface area contributed by atoms with E-state index in [1.807, 2.05) is 30.6 Å². The van der Waals surface area contributed by atoms with Crippen LogP contribution in [0.2, 0.25) is 0 Å². The number of fused-ring (bicyclic) bond motifs is 6. The van der Waals surface area contributed by atoms with E-state index in [-0.39, 0.29) is 5.82 Å². The first-order valence-electron chi connectivity index (χ1n) is 8.96. The molecular formula is C20H16FN5. The fourth-order valence-electron chi connectivity index (χ4n) is 4.69. The normalized spacial score (nSPS) is 20.8. The Morgan fingerprint density at radius 3 is 2.88 bits per heavy atom. The average Bonchev–Trinajstić information content (AvgIpc) is 3.42. The van der Waals surface area contributed by atoms with Crippen molar-refractivity contribution in [3.8, 4) is 22.4 Å². The highest BCUT2D eigenvalue weighted by atomic mass is 19.1. The van der Waals surface area contributed by atoms with E-state index in [9.17, 15) is 4.39 Å². The number of aromatic amines is 1. The smallest absolute Gasteiger partial charge is 0.155 e. The first-order valence-corrected chi connectivity index (χ1v) is 8.96. The average molecular weight is 345 g/mol. The number of pyridine rings is 1. The van der Waals surface area contributed by atoms with Gasteiger partial charge in [-0.2, -0.15) is 10.2 Å². The van der Waals surface area contributed by atoms with Crippen LogP contribution in [0.3, 0.4) is 0 Å². The molecule has 0 radical (unpaired) electrons. The molecule has 6 heteroatoms. The van der Waals surface area contributed by atoms with Gasteiger partial charge < -0.3 is 0 Å². The SMILES string of the molecule is Fc1ccc(-c2nn3c(c2-c2ccnc4[nH]ncc24)[C@@H]2CCC3C2)cc1. The lowest BCUT2D eigenvalue weighted by Gasteiger charge is -2.14. The third kappa shape index (κ3) is 1.81. The molecule has 5 nitrogen and oxygen atoms in total. The maximum absolute atomic E-state index is 13.4.